The topological polar surface area (TPSA) is 33.6 Å². The van der Waals surface area contributed by atoms with E-state index < -0.39 is 0 Å². The number of hydrogen-bond donors (Lipinski definition) is 1. The van der Waals surface area contributed by atoms with Crippen LogP contribution in [0.2, 0.25) is 0 Å². The zero-order chi connectivity index (χ0) is 7.40. The molecule has 0 aliphatic carbocycles. The molecule has 1 aliphatic heterocycles. The standard InChI is InChI=1S/C7H10N2O/c1-8-5-6-3-4-10-7(6)9-2/h3-5,8H,1-2H3/b6-5-,9-7+. The van der Waals surface area contributed by atoms with Crippen LogP contribution in [0.3, 0.4) is 0 Å². The third-order valence-electron chi connectivity index (χ3n) is 1.18. The van der Waals surface area contributed by atoms with Crippen molar-refractivity contribution in [2.75, 3.05) is 14.1 Å². The summed E-state index contributed by atoms with van der Waals surface area (Å²) in [5.41, 5.74) is 0.977. The van der Waals surface area contributed by atoms with Crippen LogP contribution in [0.25, 0.3) is 0 Å². The van der Waals surface area contributed by atoms with E-state index in [-0.39, 0.29) is 0 Å². The van der Waals surface area contributed by atoms with Crippen molar-refractivity contribution in [2.24, 2.45) is 4.99 Å². The van der Waals surface area contributed by atoms with Gasteiger partial charge >= 0.3 is 0 Å². The van der Waals surface area contributed by atoms with Crippen molar-refractivity contribution in [1.82, 2.24) is 5.32 Å². The van der Waals surface area contributed by atoms with E-state index in [0.29, 0.717) is 5.90 Å². The van der Waals surface area contributed by atoms with Gasteiger partial charge in [0.2, 0.25) is 5.90 Å². The van der Waals surface area contributed by atoms with Gasteiger partial charge in [-0.3, -0.25) is 4.99 Å². The summed E-state index contributed by atoms with van der Waals surface area (Å²) in [5, 5.41) is 2.90. The maximum Gasteiger partial charge on any atom is 0.222 e. The average molecular weight is 138 g/mol. The van der Waals surface area contributed by atoms with Crippen molar-refractivity contribution in [2.45, 2.75) is 0 Å². The van der Waals surface area contributed by atoms with Crippen molar-refractivity contribution in [1.29, 1.82) is 0 Å². The Balaban J connectivity index is 2.76. The first-order valence-corrected chi connectivity index (χ1v) is 3.06. The van der Waals surface area contributed by atoms with Gasteiger partial charge in [0.05, 0.1) is 11.8 Å². The quantitative estimate of drug-likeness (QED) is 0.577. The molecular weight excluding hydrogens is 128 g/mol. The maximum atomic E-state index is 5.03. The number of ether oxygens (including phenoxy) is 1. The predicted octanol–water partition coefficient (Wildman–Crippen LogP) is 0.662. The van der Waals surface area contributed by atoms with Crippen LogP contribution >= 0.6 is 0 Å². The second-order valence-electron chi connectivity index (χ2n) is 1.84. The molecule has 0 bridgehead atoms. The van der Waals surface area contributed by atoms with Gasteiger partial charge in [0, 0.05) is 20.3 Å². The van der Waals surface area contributed by atoms with Gasteiger partial charge in [-0.15, -0.1) is 0 Å². The molecule has 0 unspecified atom stereocenters. The summed E-state index contributed by atoms with van der Waals surface area (Å²) in [6, 6.07) is 0. The van der Waals surface area contributed by atoms with Gasteiger partial charge in [0.25, 0.3) is 0 Å². The van der Waals surface area contributed by atoms with Crippen LogP contribution in [0.5, 0.6) is 0 Å². The van der Waals surface area contributed by atoms with Crippen LogP contribution in [-0.4, -0.2) is 20.0 Å². The maximum absolute atomic E-state index is 5.03. The minimum atomic E-state index is 0.661. The predicted molar refractivity (Wildman–Crippen MR) is 40.7 cm³/mol. The molecule has 0 radical (unpaired) electrons. The largest absolute Gasteiger partial charge is 0.446 e. The van der Waals surface area contributed by atoms with Crippen LogP contribution in [-0.2, 0) is 4.74 Å². The molecule has 0 aromatic carbocycles. The fraction of sp³-hybridized carbons (Fsp3) is 0.286. The highest BCUT2D eigenvalue weighted by molar-refractivity contribution is 5.98. The van der Waals surface area contributed by atoms with E-state index in [4.69, 9.17) is 4.74 Å². The minimum Gasteiger partial charge on any atom is -0.446 e. The smallest absolute Gasteiger partial charge is 0.222 e. The molecule has 0 amide bonds. The molecule has 1 rings (SSSR count). The van der Waals surface area contributed by atoms with Crippen molar-refractivity contribution >= 4 is 5.90 Å². The Morgan fingerprint density at radius 3 is 3.10 bits per heavy atom. The first-order chi connectivity index (χ1) is 4.88. The number of nitrogens with zero attached hydrogens (tertiary/aromatic N) is 1. The highest BCUT2D eigenvalue weighted by Gasteiger charge is 2.08. The van der Waals surface area contributed by atoms with Gasteiger partial charge in [-0.25, -0.2) is 0 Å². The SMILES string of the molecule is C/N=C1/OC=C/C1=C/NC. The molecule has 0 saturated heterocycles. The number of aliphatic imine (C=N–C) groups is 1. The summed E-state index contributed by atoms with van der Waals surface area (Å²) in [7, 11) is 3.54. The molecule has 10 heavy (non-hydrogen) atoms. The van der Waals surface area contributed by atoms with Gasteiger partial charge in [-0.1, -0.05) is 0 Å². The van der Waals surface area contributed by atoms with Crippen LogP contribution in [0, 0.1) is 0 Å². The van der Waals surface area contributed by atoms with Crippen molar-refractivity contribution in [3.8, 4) is 0 Å². The van der Waals surface area contributed by atoms with E-state index in [2.05, 4.69) is 10.3 Å². The first kappa shape index (κ1) is 6.86. The van der Waals surface area contributed by atoms with Gasteiger partial charge < -0.3 is 10.1 Å². The van der Waals surface area contributed by atoms with Gasteiger partial charge in [-0.2, -0.15) is 0 Å². The van der Waals surface area contributed by atoms with Crippen LogP contribution < -0.4 is 5.32 Å². The van der Waals surface area contributed by atoms with Gasteiger partial charge in [0.1, 0.15) is 0 Å². The summed E-state index contributed by atoms with van der Waals surface area (Å²) >= 11 is 0. The Bertz CT molecular complexity index is 204. The number of hydrogen-bond acceptors (Lipinski definition) is 3. The average Bonchev–Trinajstić information content (AvgIpc) is 2.36. The molecule has 1 N–H and O–H groups in total. The van der Waals surface area contributed by atoms with Crippen LogP contribution in [0.15, 0.2) is 29.1 Å². The van der Waals surface area contributed by atoms with Crippen molar-refractivity contribution in [3.05, 3.63) is 24.1 Å². The summed E-state index contributed by atoms with van der Waals surface area (Å²) in [5.74, 6) is 0.661. The molecule has 1 heterocycles. The van der Waals surface area contributed by atoms with Crippen molar-refractivity contribution in [3.63, 3.8) is 0 Å². The number of rotatable bonds is 1. The highest BCUT2D eigenvalue weighted by Crippen LogP contribution is 2.08. The molecular formula is C7H10N2O. The van der Waals surface area contributed by atoms with Crippen molar-refractivity contribution < 1.29 is 4.74 Å². The highest BCUT2D eigenvalue weighted by atomic mass is 16.5. The third kappa shape index (κ3) is 1.18. The molecule has 0 aromatic heterocycles. The Labute approximate surface area is 60.1 Å². The molecule has 0 atom stereocenters. The fourth-order valence-corrected chi connectivity index (χ4v) is 0.758. The lowest BCUT2D eigenvalue weighted by Crippen LogP contribution is -2.02. The molecule has 0 saturated carbocycles. The lowest BCUT2D eigenvalue weighted by atomic mass is 10.3. The normalized spacial score (nSPS) is 23.8. The Hall–Kier alpha value is -1.25. The van der Waals surface area contributed by atoms with Crippen LogP contribution in [0.1, 0.15) is 0 Å². The van der Waals surface area contributed by atoms with E-state index in [0.717, 1.165) is 5.57 Å². The Morgan fingerprint density at radius 2 is 2.50 bits per heavy atom. The van der Waals surface area contributed by atoms with Gasteiger partial charge in [-0.05, 0) is 6.08 Å². The zero-order valence-corrected chi connectivity index (χ0v) is 6.09. The molecule has 54 valence electrons. The van der Waals surface area contributed by atoms with E-state index >= 15 is 0 Å². The molecule has 0 spiro atoms. The van der Waals surface area contributed by atoms with E-state index in [1.54, 1.807) is 13.3 Å². The molecule has 0 aromatic rings. The second-order valence-corrected chi connectivity index (χ2v) is 1.84. The third-order valence-corrected chi connectivity index (χ3v) is 1.18. The summed E-state index contributed by atoms with van der Waals surface area (Å²) in [6.07, 6.45) is 5.32. The lowest BCUT2D eigenvalue weighted by molar-refractivity contribution is 0.486. The van der Waals surface area contributed by atoms with E-state index in [1.807, 2.05) is 19.3 Å². The van der Waals surface area contributed by atoms with Crippen LogP contribution in [0.4, 0.5) is 0 Å². The summed E-state index contributed by atoms with van der Waals surface area (Å²) in [6.45, 7) is 0. The molecule has 3 heteroatoms. The molecule has 0 fully saturated rings. The Morgan fingerprint density at radius 1 is 1.70 bits per heavy atom. The fourth-order valence-electron chi connectivity index (χ4n) is 0.758. The minimum absolute atomic E-state index is 0.661. The summed E-state index contributed by atoms with van der Waals surface area (Å²) in [4.78, 5) is 3.91. The zero-order valence-electron chi connectivity index (χ0n) is 6.09. The lowest BCUT2D eigenvalue weighted by Gasteiger charge is -1.95. The van der Waals surface area contributed by atoms with E-state index in [1.165, 1.54) is 0 Å². The second kappa shape index (κ2) is 3.06. The Kier molecular flexibility index (Phi) is 2.10. The monoisotopic (exact) mass is 138 g/mol. The van der Waals surface area contributed by atoms with Gasteiger partial charge in [0.15, 0.2) is 0 Å². The molecule has 1 aliphatic rings. The molecule has 3 nitrogen and oxygen atoms in total. The van der Waals surface area contributed by atoms with E-state index in [9.17, 15) is 0 Å². The summed E-state index contributed by atoms with van der Waals surface area (Å²) < 4.78 is 5.03. The first-order valence-electron chi connectivity index (χ1n) is 3.06. The number of nitrogens with one attached hydrogen (secondary N) is 1.